The van der Waals surface area contributed by atoms with Crippen LogP contribution in [-0.2, 0) is 11.2 Å². The van der Waals surface area contributed by atoms with Crippen LogP contribution in [0.3, 0.4) is 0 Å². The first-order valence-corrected chi connectivity index (χ1v) is 9.36. The first-order chi connectivity index (χ1) is 12.4. The summed E-state index contributed by atoms with van der Waals surface area (Å²) >= 11 is 0. The number of rotatable bonds is 5. The minimum absolute atomic E-state index is 0.176. The maximum absolute atomic E-state index is 11.2. The standard InChI is InChI=1S/C21H28N4O/c1-15(2)24-9-11-25(12-10-24)21-16(3)13-20(22-23-21)19-7-5-18(6-8-19)14-17(4)26/h5-8,13,15H,9-12,14H2,1-4H3. The van der Waals surface area contributed by atoms with Crippen LogP contribution in [0, 0.1) is 6.92 Å². The molecule has 1 fully saturated rings. The van der Waals surface area contributed by atoms with E-state index in [1.165, 1.54) is 0 Å². The molecule has 0 aliphatic carbocycles. The Bertz CT molecular complexity index is 762. The maximum atomic E-state index is 11.2. The second-order valence-electron chi connectivity index (χ2n) is 7.43. The highest BCUT2D eigenvalue weighted by Gasteiger charge is 2.21. The molecule has 0 amide bonds. The molecule has 5 heteroatoms. The Morgan fingerprint density at radius 1 is 1.08 bits per heavy atom. The summed E-state index contributed by atoms with van der Waals surface area (Å²) in [6, 6.07) is 10.7. The highest BCUT2D eigenvalue weighted by molar-refractivity contribution is 5.78. The number of piperazine rings is 1. The Morgan fingerprint density at radius 3 is 2.27 bits per heavy atom. The molecule has 0 N–H and O–H groups in total. The number of carbonyl (C=O) groups is 1. The molecule has 2 aromatic rings. The molecule has 138 valence electrons. The van der Waals surface area contributed by atoms with Gasteiger partial charge in [-0.25, -0.2) is 0 Å². The van der Waals surface area contributed by atoms with Gasteiger partial charge in [-0.2, -0.15) is 0 Å². The predicted molar refractivity (Wildman–Crippen MR) is 106 cm³/mol. The number of carbonyl (C=O) groups excluding carboxylic acids is 1. The van der Waals surface area contributed by atoms with Gasteiger partial charge in [0.15, 0.2) is 5.82 Å². The molecule has 5 nitrogen and oxygen atoms in total. The average Bonchev–Trinajstić information content (AvgIpc) is 2.62. The van der Waals surface area contributed by atoms with Crippen molar-refractivity contribution < 1.29 is 4.79 Å². The van der Waals surface area contributed by atoms with E-state index in [4.69, 9.17) is 0 Å². The van der Waals surface area contributed by atoms with Crippen LogP contribution in [0.4, 0.5) is 5.82 Å². The van der Waals surface area contributed by atoms with Crippen LogP contribution in [0.1, 0.15) is 31.9 Å². The molecule has 1 aromatic heterocycles. The number of aromatic nitrogens is 2. The number of hydrogen-bond acceptors (Lipinski definition) is 5. The fraction of sp³-hybridized carbons (Fsp3) is 0.476. The summed E-state index contributed by atoms with van der Waals surface area (Å²) in [5.74, 6) is 1.17. The van der Waals surface area contributed by atoms with Crippen molar-refractivity contribution in [3.8, 4) is 11.3 Å². The fourth-order valence-corrected chi connectivity index (χ4v) is 3.46. The molecular weight excluding hydrogens is 324 g/mol. The van der Waals surface area contributed by atoms with Gasteiger partial charge in [-0.1, -0.05) is 24.3 Å². The smallest absolute Gasteiger partial charge is 0.154 e. The largest absolute Gasteiger partial charge is 0.352 e. The maximum Gasteiger partial charge on any atom is 0.154 e. The van der Waals surface area contributed by atoms with E-state index in [9.17, 15) is 4.79 Å². The third-order valence-corrected chi connectivity index (χ3v) is 5.01. The van der Waals surface area contributed by atoms with E-state index in [1.807, 2.05) is 24.3 Å². The SMILES string of the molecule is CC(=O)Cc1ccc(-c2cc(C)c(N3CCN(C(C)C)CC3)nn2)cc1. The van der Waals surface area contributed by atoms with Gasteiger partial charge < -0.3 is 4.90 Å². The molecule has 1 aliphatic rings. The molecule has 1 aromatic carbocycles. The predicted octanol–water partition coefficient (Wildman–Crippen LogP) is 3.11. The number of anilines is 1. The van der Waals surface area contributed by atoms with Crippen LogP contribution >= 0.6 is 0 Å². The number of Topliss-reactive ketones (excluding diaryl/α,β-unsaturated/α-hetero) is 1. The van der Waals surface area contributed by atoms with E-state index < -0.39 is 0 Å². The molecule has 0 unspecified atom stereocenters. The van der Waals surface area contributed by atoms with E-state index >= 15 is 0 Å². The minimum Gasteiger partial charge on any atom is -0.352 e. The third-order valence-electron chi connectivity index (χ3n) is 5.01. The fourth-order valence-electron chi connectivity index (χ4n) is 3.46. The van der Waals surface area contributed by atoms with Crippen LogP contribution in [0.5, 0.6) is 0 Å². The molecule has 0 radical (unpaired) electrons. The molecule has 1 aliphatic heterocycles. The van der Waals surface area contributed by atoms with Crippen molar-refractivity contribution in [2.24, 2.45) is 0 Å². The molecule has 0 atom stereocenters. The molecule has 26 heavy (non-hydrogen) atoms. The van der Waals surface area contributed by atoms with E-state index in [0.29, 0.717) is 12.5 Å². The number of ketones is 1. The zero-order valence-corrected chi connectivity index (χ0v) is 16.2. The number of hydrogen-bond donors (Lipinski definition) is 0. The summed E-state index contributed by atoms with van der Waals surface area (Å²) in [7, 11) is 0. The lowest BCUT2D eigenvalue weighted by atomic mass is 10.0. The zero-order chi connectivity index (χ0) is 18.7. The quantitative estimate of drug-likeness (QED) is 0.827. The number of benzene rings is 1. The Balaban J connectivity index is 1.72. The monoisotopic (exact) mass is 352 g/mol. The summed E-state index contributed by atoms with van der Waals surface area (Å²) in [4.78, 5) is 16.1. The summed E-state index contributed by atoms with van der Waals surface area (Å²) in [6.45, 7) is 12.3. The van der Waals surface area contributed by atoms with Crippen LogP contribution in [0.25, 0.3) is 11.3 Å². The highest BCUT2D eigenvalue weighted by Crippen LogP contribution is 2.24. The van der Waals surface area contributed by atoms with Crippen molar-refractivity contribution in [1.82, 2.24) is 15.1 Å². The van der Waals surface area contributed by atoms with Crippen molar-refractivity contribution in [3.05, 3.63) is 41.5 Å². The number of nitrogens with zero attached hydrogens (tertiary/aromatic N) is 4. The number of aryl methyl sites for hydroxylation is 1. The third kappa shape index (κ3) is 4.28. The first-order valence-electron chi connectivity index (χ1n) is 9.36. The zero-order valence-electron chi connectivity index (χ0n) is 16.2. The van der Waals surface area contributed by atoms with Gasteiger partial charge in [-0.05, 0) is 44.9 Å². The summed E-state index contributed by atoms with van der Waals surface area (Å²) in [5, 5.41) is 8.98. The van der Waals surface area contributed by atoms with Gasteiger partial charge >= 0.3 is 0 Å². The summed E-state index contributed by atoms with van der Waals surface area (Å²) in [5.41, 5.74) is 4.09. The normalized spacial score (nSPS) is 15.5. The molecule has 0 saturated carbocycles. The topological polar surface area (TPSA) is 49.3 Å². The van der Waals surface area contributed by atoms with Gasteiger partial charge in [0.25, 0.3) is 0 Å². The van der Waals surface area contributed by atoms with Crippen molar-refractivity contribution in [1.29, 1.82) is 0 Å². The molecule has 1 saturated heterocycles. The average molecular weight is 352 g/mol. The van der Waals surface area contributed by atoms with Crippen LogP contribution < -0.4 is 4.90 Å². The Labute approximate surface area is 156 Å². The van der Waals surface area contributed by atoms with Gasteiger partial charge in [0, 0.05) is 44.2 Å². The van der Waals surface area contributed by atoms with E-state index in [-0.39, 0.29) is 5.78 Å². The van der Waals surface area contributed by atoms with Gasteiger partial charge in [0.2, 0.25) is 0 Å². The van der Waals surface area contributed by atoms with Gasteiger partial charge in [-0.3, -0.25) is 9.69 Å². The Morgan fingerprint density at radius 2 is 1.73 bits per heavy atom. The second kappa shape index (κ2) is 7.96. The Kier molecular flexibility index (Phi) is 5.67. The van der Waals surface area contributed by atoms with Crippen molar-refractivity contribution in [2.75, 3.05) is 31.1 Å². The highest BCUT2D eigenvalue weighted by atomic mass is 16.1. The summed E-state index contributed by atoms with van der Waals surface area (Å²) in [6.07, 6.45) is 0.478. The lowest BCUT2D eigenvalue weighted by Gasteiger charge is -2.37. The van der Waals surface area contributed by atoms with E-state index in [2.05, 4.69) is 46.8 Å². The summed E-state index contributed by atoms with van der Waals surface area (Å²) < 4.78 is 0. The molecular formula is C21H28N4O. The Hall–Kier alpha value is -2.27. The lowest BCUT2D eigenvalue weighted by molar-refractivity contribution is -0.116. The molecule has 3 rings (SSSR count). The van der Waals surface area contributed by atoms with Crippen molar-refractivity contribution in [2.45, 2.75) is 40.2 Å². The van der Waals surface area contributed by atoms with Gasteiger partial charge in [-0.15, -0.1) is 10.2 Å². The second-order valence-corrected chi connectivity index (χ2v) is 7.43. The van der Waals surface area contributed by atoms with Gasteiger partial charge in [0.1, 0.15) is 5.78 Å². The van der Waals surface area contributed by atoms with Crippen LogP contribution in [-0.4, -0.2) is 53.1 Å². The van der Waals surface area contributed by atoms with Crippen LogP contribution in [0.15, 0.2) is 30.3 Å². The van der Waals surface area contributed by atoms with Gasteiger partial charge in [0.05, 0.1) is 5.69 Å². The van der Waals surface area contributed by atoms with Crippen molar-refractivity contribution in [3.63, 3.8) is 0 Å². The first kappa shape index (κ1) is 18.5. The molecule has 0 bridgehead atoms. The van der Waals surface area contributed by atoms with Crippen molar-refractivity contribution >= 4 is 11.6 Å². The molecule has 2 heterocycles. The van der Waals surface area contributed by atoms with Crippen LogP contribution in [0.2, 0.25) is 0 Å². The van der Waals surface area contributed by atoms with E-state index in [1.54, 1.807) is 6.92 Å². The minimum atomic E-state index is 0.176. The lowest BCUT2D eigenvalue weighted by Crippen LogP contribution is -2.49. The van der Waals surface area contributed by atoms with E-state index in [0.717, 1.165) is 54.4 Å². The molecule has 0 spiro atoms.